The summed E-state index contributed by atoms with van der Waals surface area (Å²) in [6, 6.07) is 37.9. The van der Waals surface area contributed by atoms with Gasteiger partial charge in [0.05, 0.1) is 11.5 Å². The highest BCUT2D eigenvalue weighted by molar-refractivity contribution is 6.10. The molecule has 2 heteroatoms. The number of ketones is 1. The van der Waals surface area contributed by atoms with Crippen LogP contribution in [-0.4, -0.2) is 17.9 Å². The normalized spacial score (nSPS) is 22.7. The highest BCUT2D eigenvalue weighted by Gasteiger charge is 2.63. The summed E-state index contributed by atoms with van der Waals surface area (Å²) in [5, 5.41) is 0. The van der Waals surface area contributed by atoms with E-state index < -0.39 is 5.54 Å². The predicted molar refractivity (Wildman–Crippen MR) is 161 cm³/mol. The smallest absolute Gasteiger partial charge is 0.173 e. The summed E-state index contributed by atoms with van der Waals surface area (Å²) in [4.78, 5) is 17.5. The van der Waals surface area contributed by atoms with Gasteiger partial charge < -0.3 is 4.90 Å². The Hall–Kier alpha value is -4.17. The lowest BCUT2D eigenvalue weighted by Crippen LogP contribution is -2.63. The summed E-state index contributed by atoms with van der Waals surface area (Å²) in [6.07, 6.45) is 6.90. The van der Waals surface area contributed by atoms with Crippen LogP contribution in [0.15, 0.2) is 121 Å². The van der Waals surface area contributed by atoms with Gasteiger partial charge in [-0.25, -0.2) is 0 Å². The first-order valence-corrected chi connectivity index (χ1v) is 14.1. The molecule has 0 saturated carbocycles. The molecule has 4 aromatic rings. The zero-order valence-corrected chi connectivity index (χ0v) is 22.6. The molecule has 4 aromatic carbocycles. The molecule has 1 spiro atoms. The number of benzene rings is 4. The number of aryl methyl sites for hydroxylation is 1. The molecule has 2 nitrogen and oxygen atoms in total. The maximum absolute atomic E-state index is 14.9. The second kappa shape index (κ2) is 8.95. The summed E-state index contributed by atoms with van der Waals surface area (Å²) in [7, 11) is 0. The van der Waals surface area contributed by atoms with E-state index in [1.807, 2.05) is 30.3 Å². The van der Waals surface area contributed by atoms with Gasteiger partial charge in [-0.15, -0.1) is 0 Å². The lowest BCUT2D eigenvalue weighted by atomic mass is 9.57. The van der Waals surface area contributed by atoms with Crippen LogP contribution in [-0.2, 0) is 11.8 Å². The van der Waals surface area contributed by atoms with Crippen molar-refractivity contribution in [3.8, 4) is 0 Å². The summed E-state index contributed by atoms with van der Waals surface area (Å²) >= 11 is 0. The van der Waals surface area contributed by atoms with Crippen LogP contribution in [0.5, 0.6) is 0 Å². The Labute approximate surface area is 231 Å². The van der Waals surface area contributed by atoms with Crippen LogP contribution in [0.3, 0.4) is 0 Å². The average molecular weight is 508 g/mol. The number of carbonyl (C=O) groups excluding carboxylic acids is 1. The molecule has 0 amide bonds. The van der Waals surface area contributed by atoms with E-state index >= 15 is 0 Å². The van der Waals surface area contributed by atoms with Crippen molar-refractivity contribution < 1.29 is 4.79 Å². The Morgan fingerprint density at radius 3 is 2.10 bits per heavy atom. The molecule has 2 aliphatic heterocycles. The lowest BCUT2D eigenvalue weighted by Gasteiger charge is -2.53. The van der Waals surface area contributed by atoms with Crippen molar-refractivity contribution in [2.45, 2.75) is 37.6 Å². The maximum atomic E-state index is 14.9. The van der Waals surface area contributed by atoms with E-state index in [1.54, 1.807) is 0 Å². The number of rotatable bonds is 4. The Bertz CT molecular complexity index is 1610. The average Bonchev–Trinajstić information content (AvgIpc) is 3.18. The molecule has 3 aliphatic rings. The molecule has 1 aliphatic carbocycles. The summed E-state index contributed by atoms with van der Waals surface area (Å²) in [6.45, 7) is 5.66. The first-order valence-electron chi connectivity index (χ1n) is 14.1. The predicted octanol–water partition coefficient (Wildman–Crippen LogP) is 8.15. The van der Waals surface area contributed by atoms with E-state index in [9.17, 15) is 4.79 Å². The topological polar surface area (TPSA) is 20.3 Å². The molecule has 0 aromatic heterocycles. The molecule has 2 heterocycles. The minimum atomic E-state index is -0.566. The molecule has 39 heavy (non-hydrogen) atoms. The second-order valence-electron chi connectivity index (χ2n) is 11.6. The number of nitrogens with zero attached hydrogens (tertiary/aromatic N) is 1. The van der Waals surface area contributed by atoms with Gasteiger partial charge in [-0.05, 0) is 58.4 Å². The second-order valence-corrected chi connectivity index (χ2v) is 11.6. The molecular weight excluding hydrogens is 474 g/mol. The standard InChI is InChI=1S/C37H33NO/c1-36(2)32-22-12-20-28-21-13-23-38(34(28)32)37(36)25-30(26-14-6-3-7-15-26)24-31(27-16-8-4-9-17-27)33(37)35(39)29-18-10-5-11-19-29/h3-12,14-20,22,24-25,33H,13,21,23H2,1-2H3/t33-,37-/m0/s1. The van der Waals surface area contributed by atoms with Crippen LogP contribution in [0.4, 0.5) is 5.69 Å². The van der Waals surface area contributed by atoms with Crippen molar-refractivity contribution in [1.82, 2.24) is 0 Å². The third-order valence-corrected chi connectivity index (χ3v) is 9.31. The van der Waals surface area contributed by atoms with Crippen molar-refractivity contribution in [3.05, 3.63) is 149 Å². The largest absolute Gasteiger partial charge is 0.360 e. The van der Waals surface area contributed by atoms with Crippen molar-refractivity contribution in [1.29, 1.82) is 0 Å². The van der Waals surface area contributed by atoms with Gasteiger partial charge in [0.25, 0.3) is 0 Å². The van der Waals surface area contributed by atoms with Crippen molar-refractivity contribution in [2.24, 2.45) is 5.92 Å². The van der Waals surface area contributed by atoms with Gasteiger partial charge in [0, 0.05) is 23.2 Å². The Morgan fingerprint density at radius 2 is 1.41 bits per heavy atom. The molecule has 2 atom stereocenters. The molecule has 7 rings (SSSR count). The minimum absolute atomic E-state index is 0.182. The van der Waals surface area contributed by atoms with Crippen molar-refractivity contribution >= 4 is 22.6 Å². The van der Waals surface area contributed by atoms with Gasteiger partial charge in [-0.2, -0.15) is 0 Å². The lowest BCUT2D eigenvalue weighted by molar-refractivity contribution is 0.0882. The highest BCUT2D eigenvalue weighted by atomic mass is 16.1. The first kappa shape index (κ1) is 23.9. The number of allylic oxidation sites excluding steroid dienone is 2. The van der Waals surface area contributed by atoms with Crippen molar-refractivity contribution in [3.63, 3.8) is 0 Å². The van der Waals surface area contributed by atoms with Gasteiger partial charge in [-0.1, -0.05) is 123 Å². The molecule has 192 valence electrons. The fourth-order valence-electron chi connectivity index (χ4n) is 7.49. The van der Waals surface area contributed by atoms with Crippen LogP contribution >= 0.6 is 0 Å². The van der Waals surface area contributed by atoms with E-state index in [0.717, 1.165) is 36.1 Å². The van der Waals surface area contributed by atoms with E-state index in [0.29, 0.717) is 0 Å². The van der Waals surface area contributed by atoms with Crippen LogP contribution in [0, 0.1) is 5.92 Å². The highest BCUT2D eigenvalue weighted by Crippen LogP contribution is 2.62. The van der Waals surface area contributed by atoms with Crippen LogP contribution in [0.1, 0.15) is 52.9 Å². The minimum Gasteiger partial charge on any atom is -0.360 e. The van der Waals surface area contributed by atoms with Gasteiger partial charge in [0.2, 0.25) is 0 Å². The molecule has 0 bridgehead atoms. The fraction of sp³-hybridized carbons (Fsp3) is 0.216. The molecular formula is C37H33NO. The number of anilines is 1. The van der Waals surface area contributed by atoms with Crippen LogP contribution in [0.25, 0.3) is 11.1 Å². The number of Topliss-reactive ketones (excluding diaryl/α,β-unsaturated/α-hetero) is 1. The molecule has 0 unspecified atom stereocenters. The summed E-state index contributed by atoms with van der Waals surface area (Å²) < 4.78 is 0. The SMILES string of the molecule is CC1(C)c2cccc3c2N(CCC3)[C@]12C=C(c1ccccc1)C=C(c1ccccc1)[C@H]2C(=O)c1ccccc1. The van der Waals surface area contributed by atoms with Gasteiger partial charge in [-0.3, -0.25) is 4.79 Å². The van der Waals surface area contributed by atoms with E-state index in [4.69, 9.17) is 0 Å². The van der Waals surface area contributed by atoms with Gasteiger partial charge in [0.15, 0.2) is 5.78 Å². The summed E-state index contributed by atoms with van der Waals surface area (Å²) in [5.74, 6) is -0.190. The quantitative estimate of drug-likeness (QED) is 0.260. The first-order chi connectivity index (χ1) is 19.0. The summed E-state index contributed by atoms with van der Waals surface area (Å²) in [5.41, 5.74) is 8.55. The molecule has 0 saturated heterocycles. The number of para-hydroxylation sites is 1. The van der Waals surface area contributed by atoms with Gasteiger partial charge in [0.1, 0.15) is 0 Å². The van der Waals surface area contributed by atoms with E-state index in [-0.39, 0.29) is 17.1 Å². The number of carbonyl (C=O) groups is 1. The third kappa shape index (κ3) is 3.44. The van der Waals surface area contributed by atoms with Crippen LogP contribution < -0.4 is 4.90 Å². The zero-order chi connectivity index (χ0) is 26.6. The Morgan fingerprint density at radius 1 is 0.769 bits per heavy atom. The molecule has 0 N–H and O–H groups in total. The monoisotopic (exact) mass is 507 g/mol. The van der Waals surface area contributed by atoms with E-state index in [1.165, 1.54) is 28.0 Å². The fourth-order valence-corrected chi connectivity index (χ4v) is 7.49. The third-order valence-electron chi connectivity index (χ3n) is 9.31. The van der Waals surface area contributed by atoms with Crippen LogP contribution in [0.2, 0.25) is 0 Å². The van der Waals surface area contributed by atoms with Gasteiger partial charge >= 0.3 is 0 Å². The Balaban J connectivity index is 1.57. The maximum Gasteiger partial charge on any atom is 0.173 e. The Kier molecular flexibility index (Phi) is 5.49. The number of hydrogen-bond donors (Lipinski definition) is 0. The van der Waals surface area contributed by atoms with Crippen molar-refractivity contribution in [2.75, 3.05) is 11.4 Å². The zero-order valence-electron chi connectivity index (χ0n) is 22.6. The molecule has 0 radical (unpaired) electrons. The number of fused-ring (bicyclic) bond motifs is 1. The molecule has 0 fully saturated rings. The van der Waals surface area contributed by atoms with E-state index in [2.05, 4.69) is 110 Å². The number of hydrogen-bond acceptors (Lipinski definition) is 2.